The van der Waals surface area contributed by atoms with Crippen LogP contribution in [0.3, 0.4) is 0 Å². The normalized spacial score (nSPS) is 17.3. The Hall–Kier alpha value is -1.81. The van der Waals surface area contributed by atoms with Crippen LogP contribution in [0.25, 0.3) is 0 Å². The number of carbonyl (C=O) groups excluding carboxylic acids is 1. The summed E-state index contributed by atoms with van der Waals surface area (Å²) in [6.07, 6.45) is -4.12. The molecule has 1 aliphatic heterocycles. The number of carbonyl (C=O) groups is 1. The highest BCUT2D eigenvalue weighted by Gasteiger charge is 2.34. The zero-order valence-corrected chi connectivity index (χ0v) is 14.4. The number of alkyl halides is 3. The predicted molar refractivity (Wildman–Crippen MR) is 83.5 cm³/mol. The second-order valence-electron chi connectivity index (χ2n) is 5.69. The van der Waals surface area contributed by atoms with E-state index < -0.39 is 34.6 Å². The van der Waals surface area contributed by atoms with Gasteiger partial charge in [-0.2, -0.15) is 17.5 Å². The van der Waals surface area contributed by atoms with Gasteiger partial charge in [-0.25, -0.2) is 8.42 Å². The Morgan fingerprint density at radius 1 is 1.32 bits per heavy atom. The number of benzene rings is 1. The van der Waals surface area contributed by atoms with Crippen LogP contribution in [-0.2, 0) is 14.8 Å². The van der Waals surface area contributed by atoms with E-state index in [1.165, 1.54) is 23.5 Å². The lowest BCUT2D eigenvalue weighted by Crippen LogP contribution is -2.44. The highest BCUT2D eigenvalue weighted by atomic mass is 32.2. The molecule has 25 heavy (non-hydrogen) atoms. The maximum atomic E-state index is 12.6. The Labute approximate surface area is 144 Å². The van der Waals surface area contributed by atoms with Crippen molar-refractivity contribution in [3.8, 4) is 5.75 Å². The van der Waals surface area contributed by atoms with E-state index in [0.29, 0.717) is 5.75 Å². The summed E-state index contributed by atoms with van der Waals surface area (Å²) in [6, 6.07) is 6.02. The first-order chi connectivity index (χ1) is 11.6. The van der Waals surface area contributed by atoms with Crippen LogP contribution in [0, 0.1) is 5.92 Å². The summed E-state index contributed by atoms with van der Waals surface area (Å²) in [5.74, 6) is -0.919. The number of ether oxygens (including phenoxy) is 1. The van der Waals surface area contributed by atoms with E-state index in [1.807, 2.05) is 5.32 Å². The van der Waals surface area contributed by atoms with Crippen molar-refractivity contribution in [2.75, 3.05) is 26.7 Å². The number of hydrogen-bond donors (Lipinski definition) is 1. The summed E-state index contributed by atoms with van der Waals surface area (Å²) >= 11 is 0. The van der Waals surface area contributed by atoms with Crippen molar-refractivity contribution in [3.63, 3.8) is 0 Å². The quantitative estimate of drug-likeness (QED) is 0.845. The molecule has 0 atom stereocenters. The Morgan fingerprint density at radius 2 is 1.96 bits per heavy atom. The molecule has 0 saturated carbocycles. The standard InChI is InChI=1S/C15H19F3N2O4S/c1-24-12-3-2-4-13(9-12)25(22,23)20-7-5-11(6-8-20)14(21)19-10-15(16,17)18/h2-4,9,11H,5-8,10H2,1H3,(H,19,21). The average molecular weight is 380 g/mol. The molecule has 1 heterocycles. The summed E-state index contributed by atoms with van der Waals surface area (Å²) < 4.78 is 67.9. The van der Waals surface area contributed by atoms with Gasteiger partial charge >= 0.3 is 6.18 Å². The predicted octanol–water partition coefficient (Wildman–Crippen LogP) is 1.77. The summed E-state index contributed by atoms with van der Waals surface area (Å²) in [5.41, 5.74) is 0. The van der Waals surface area contributed by atoms with Gasteiger partial charge in [0.05, 0.1) is 12.0 Å². The van der Waals surface area contributed by atoms with E-state index in [-0.39, 0.29) is 30.8 Å². The molecule has 0 spiro atoms. The molecule has 1 aliphatic rings. The lowest BCUT2D eigenvalue weighted by Gasteiger charge is -2.30. The van der Waals surface area contributed by atoms with Crippen LogP contribution in [0.2, 0.25) is 0 Å². The third kappa shape index (κ3) is 5.08. The van der Waals surface area contributed by atoms with Crippen molar-refractivity contribution in [2.45, 2.75) is 23.9 Å². The third-order valence-electron chi connectivity index (χ3n) is 3.97. The number of nitrogens with one attached hydrogen (secondary N) is 1. The molecule has 140 valence electrons. The molecule has 2 rings (SSSR count). The second-order valence-corrected chi connectivity index (χ2v) is 7.63. The highest BCUT2D eigenvalue weighted by Crippen LogP contribution is 2.26. The van der Waals surface area contributed by atoms with Crippen LogP contribution in [0.1, 0.15) is 12.8 Å². The van der Waals surface area contributed by atoms with E-state index in [2.05, 4.69) is 0 Å². The van der Waals surface area contributed by atoms with E-state index in [4.69, 9.17) is 4.74 Å². The number of amides is 1. The largest absolute Gasteiger partial charge is 0.497 e. The summed E-state index contributed by atoms with van der Waals surface area (Å²) in [4.78, 5) is 11.8. The number of methoxy groups -OCH3 is 1. The van der Waals surface area contributed by atoms with Crippen molar-refractivity contribution in [1.29, 1.82) is 0 Å². The van der Waals surface area contributed by atoms with E-state index in [0.717, 1.165) is 0 Å². The molecule has 0 aliphatic carbocycles. The summed E-state index contributed by atoms with van der Waals surface area (Å²) in [6.45, 7) is -1.23. The fraction of sp³-hybridized carbons (Fsp3) is 0.533. The van der Waals surface area contributed by atoms with Crippen LogP contribution in [-0.4, -0.2) is 51.6 Å². The summed E-state index contributed by atoms with van der Waals surface area (Å²) in [5, 5.41) is 1.84. The molecule has 0 unspecified atom stereocenters. The molecule has 1 saturated heterocycles. The molecular formula is C15H19F3N2O4S. The molecule has 6 nitrogen and oxygen atoms in total. The number of nitrogens with zero attached hydrogens (tertiary/aromatic N) is 1. The second kappa shape index (κ2) is 7.61. The monoisotopic (exact) mass is 380 g/mol. The average Bonchev–Trinajstić information content (AvgIpc) is 2.59. The van der Waals surface area contributed by atoms with Crippen LogP contribution < -0.4 is 10.1 Å². The number of hydrogen-bond acceptors (Lipinski definition) is 4. The van der Waals surface area contributed by atoms with Gasteiger partial charge < -0.3 is 10.1 Å². The molecule has 1 N–H and O–H groups in total. The van der Waals surface area contributed by atoms with Crippen LogP contribution in [0.4, 0.5) is 13.2 Å². The SMILES string of the molecule is COc1cccc(S(=O)(=O)N2CCC(C(=O)NCC(F)(F)F)CC2)c1. The van der Waals surface area contributed by atoms with Crippen molar-refractivity contribution in [3.05, 3.63) is 24.3 Å². The first-order valence-corrected chi connectivity index (χ1v) is 9.06. The van der Waals surface area contributed by atoms with Crippen molar-refractivity contribution >= 4 is 15.9 Å². The van der Waals surface area contributed by atoms with Gasteiger partial charge in [-0.15, -0.1) is 0 Å². The molecule has 0 radical (unpaired) electrons. The van der Waals surface area contributed by atoms with Gasteiger partial charge in [0.1, 0.15) is 12.3 Å². The van der Waals surface area contributed by atoms with Gasteiger partial charge in [-0.3, -0.25) is 4.79 Å². The van der Waals surface area contributed by atoms with Crippen molar-refractivity contribution < 1.29 is 31.1 Å². The fourth-order valence-electron chi connectivity index (χ4n) is 2.60. The first kappa shape index (κ1) is 19.5. The van der Waals surface area contributed by atoms with Gasteiger partial charge in [-0.1, -0.05) is 6.07 Å². The van der Waals surface area contributed by atoms with E-state index in [9.17, 15) is 26.4 Å². The highest BCUT2D eigenvalue weighted by molar-refractivity contribution is 7.89. The van der Waals surface area contributed by atoms with Gasteiger partial charge in [-0.05, 0) is 25.0 Å². The number of halogens is 3. The van der Waals surface area contributed by atoms with Crippen LogP contribution >= 0.6 is 0 Å². The molecule has 1 aromatic carbocycles. The molecular weight excluding hydrogens is 361 g/mol. The molecule has 0 bridgehead atoms. The lowest BCUT2D eigenvalue weighted by atomic mass is 9.97. The number of rotatable bonds is 5. The van der Waals surface area contributed by atoms with Crippen molar-refractivity contribution in [2.24, 2.45) is 5.92 Å². The Kier molecular flexibility index (Phi) is 5.94. The van der Waals surface area contributed by atoms with Crippen molar-refractivity contribution in [1.82, 2.24) is 9.62 Å². The lowest BCUT2D eigenvalue weighted by molar-refractivity contribution is -0.141. The van der Waals surface area contributed by atoms with Gasteiger partial charge in [0.25, 0.3) is 0 Å². The molecule has 0 aromatic heterocycles. The fourth-order valence-corrected chi connectivity index (χ4v) is 4.11. The minimum atomic E-state index is -4.47. The minimum Gasteiger partial charge on any atom is -0.497 e. The molecule has 10 heteroatoms. The van der Waals surface area contributed by atoms with E-state index >= 15 is 0 Å². The van der Waals surface area contributed by atoms with E-state index in [1.54, 1.807) is 12.1 Å². The number of sulfonamides is 1. The van der Waals surface area contributed by atoms with Gasteiger partial charge in [0.15, 0.2) is 0 Å². The zero-order valence-electron chi connectivity index (χ0n) is 13.5. The first-order valence-electron chi connectivity index (χ1n) is 7.62. The van der Waals surface area contributed by atoms with Crippen LogP contribution in [0.5, 0.6) is 5.75 Å². The third-order valence-corrected chi connectivity index (χ3v) is 5.86. The zero-order chi connectivity index (χ0) is 18.7. The Balaban J connectivity index is 1.98. The Bertz CT molecular complexity index is 714. The van der Waals surface area contributed by atoms with Gasteiger partial charge in [0.2, 0.25) is 15.9 Å². The summed E-state index contributed by atoms with van der Waals surface area (Å²) in [7, 11) is -2.31. The molecule has 1 aromatic rings. The van der Waals surface area contributed by atoms with Crippen LogP contribution in [0.15, 0.2) is 29.2 Å². The molecule has 1 amide bonds. The van der Waals surface area contributed by atoms with Gasteiger partial charge in [0, 0.05) is 25.1 Å². The maximum Gasteiger partial charge on any atom is 0.405 e. The Morgan fingerprint density at radius 3 is 2.52 bits per heavy atom. The maximum absolute atomic E-state index is 12.6. The smallest absolute Gasteiger partial charge is 0.405 e. The topological polar surface area (TPSA) is 75.7 Å². The number of piperidine rings is 1. The minimum absolute atomic E-state index is 0.0731. The molecule has 1 fully saturated rings.